The number of nitrogens with one attached hydrogen (secondary N) is 1. The maximum absolute atomic E-state index is 11.0. The topological polar surface area (TPSA) is 113 Å². The van der Waals surface area contributed by atoms with Crippen LogP contribution in [0.1, 0.15) is 19.8 Å². The lowest BCUT2D eigenvalue weighted by Gasteiger charge is -2.36. The fraction of sp³-hybridized carbons (Fsp3) is 0.727. The first-order valence-corrected chi connectivity index (χ1v) is 5.86. The highest BCUT2D eigenvalue weighted by Gasteiger charge is 2.29. The summed E-state index contributed by atoms with van der Waals surface area (Å²) in [5, 5.41) is 11.6. The summed E-state index contributed by atoms with van der Waals surface area (Å²) in [5.41, 5.74) is 5.13. The van der Waals surface area contributed by atoms with Gasteiger partial charge in [-0.2, -0.15) is 0 Å². The molecule has 0 aromatic heterocycles. The van der Waals surface area contributed by atoms with E-state index in [1.54, 1.807) is 4.90 Å². The standard InChI is InChI=1S/C11H19N3O4/c1-7(15)13-9-2-8(3-11(17)18)4-14(5-9)6-10(12)16/h8-9H,2-6H2,1H3,(H2,12,16)(H,13,15)(H,17,18). The molecule has 18 heavy (non-hydrogen) atoms. The summed E-state index contributed by atoms with van der Waals surface area (Å²) in [6.45, 7) is 2.55. The zero-order valence-corrected chi connectivity index (χ0v) is 10.4. The second kappa shape index (κ2) is 6.34. The first-order valence-electron chi connectivity index (χ1n) is 5.86. The van der Waals surface area contributed by atoms with Crippen molar-refractivity contribution in [3.63, 3.8) is 0 Å². The molecular weight excluding hydrogens is 238 g/mol. The molecule has 1 rings (SSSR count). The predicted octanol–water partition coefficient (Wildman–Crippen LogP) is -1.23. The minimum atomic E-state index is -0.873. The van der Waals surface area contributed by atoms with E-state index in [-0.39, 0.29) is 30.8 Å². The van der Waals surface area contributed by atoms with Crippen LogP contribution in [-0.4, -0.2) is 53.5 Å². The van der Waals surface area contributed by atoms with Gasteiger partial charge in [-0.15, -0.1) is 0 Å². The molecule has 7 nitrogen and oxygen atoms in total. The van der Waals surface area contributed by atoms with E-state index in [0.717, 1.165) is 0 Å². The van der Waals surface area contributed by atoms with Gasteiger partial charge >= 0.3 is 5.97 Å². The van der Waals surface area contributed by atoms with Crippen LogP contribution < -0.4 is 11.1 Å². The van der Waals surface area contributed by atoms with Crippen LogP contribution in [0.5, 0.6) is 0 Å². The van der Waals surface area contributed by atoms with E-state index in [0.29, 0.717) is 19.5 Å². The zero-order valence-electron chi connectivity index (χ0n) is 10.4. The van der Waals surface area contributed by atoms with Gasteiger partial charge in [0.05, 0.1) is 6.54 Å². The molecule has 2 unspecified atom stereocenters. The highest BCUT2D eigenvalue weighted by molar-refractivity contribution is 5.76. The molecule has 0 aromatic rings. The number of amides is 2. The number of carbonyl (C=O) groups is 3. The lowest BCUT2D eigenvalue weighted by molar-refractivity contribution is -0.138. The van der Waals surface area contributed by atoms with Crippen molar-refractivity contribution >= 4 is 17.8 Å². The molecule has 0 radical (unpaired) electrons. The number of piperidine rings is 1. The summed E-state index contributed by atoms with van der Waals surface area (Å²) < 4.78 is 0. The molecule has 1 aliphatic rings. The summed E-state index contributed by atoms with van der Waals surface area (Å²) in [6.07, 6.45) is 0.645. The largest absolute Gasteiger partial charge is 0.481 e. The summed E-state index contributed by atoms with van der Waals surface area (Å²) >= 11 is 0. The smallest absolute Gasteiger partial charge is 0.303 e. The predicted molar refractivity (Wildman–Crippen MR) is 63.6 cm³/mol. The second-order valence-electron chi connectivity index (χ2n) is 4.76. The van der Waals surface area contributed by atoms with Crippen molar-refractivity contribution in [2.75, 3.05) is 19.6 Å². The zero-order chi connectivity index (χ0) is 13.7. The molecule has 102 valence electrons. The van der Waals surface area contributed by atoms with E-state index < -0.39 is 11.9 Å². The molecule has 2 atom stereocenters. The Morgan fingerprint density at radius 1 is 1.39 bits per heavy atom. The van der Waals surface area contributed by atoms with E-state index >= 15 is 0 Å². The Morgan fingerprint density at radius 3 is 2.56 bits per heavy atom. The van der Waals surface area contributed by atoms with Crippen molar-refractivity contribution < 1.29 is 19.5 Å². The SMILES string of the molecule is CC(=O)NC1CC(CC(=O)O)CN(CC(N)=O)C1. The molecule has 1 saturated heterocycles. The quantitative estimate of drug-likeness (QED) is 0.571. The third-order valence-corrected chi connectivity index (χ3v) is 2.86. The summed E-state index contributed by atoms with van der Waals surface area (Å²) in [6, 6.07) is -0.125. The lowest BCUT2D eigenvalue weighted by atomic mass is 9.91. The number of carbonyl (C=O) groups excluding carboxylic acids is 2. The van der Waals surface area contributed by atoms with Crippen molar-refractivity contribution in [1.82, 2.24) is 10.2 Å². The molecule has 1 aliphatic heterocycles. The maximum Gasteiger partial charge on any atom is 0.303 e. The number of primary amides is 1. The van der Waals surface area contributed by atoms with Crippen molar-refractivity contribution in [3.05, 3.63) is 0 Å². The summed E-state index contributed by atoms with van der Waals surface area (Å²) in [4.78, 5) is 34.5. The van der Waals surface area contributed by atoms with Gasteiger partial charge < -0.3 is 16.2 Å². The number of hydrogen-bond donors (Lipinski definition) is 3. The van der Waals surface area contributed by atoms with Gasteiger partial charge in [0.1, 0.15) is 0 Å². The molecule has 4 N–H and O–H groups in total. The number of carboxylic acid groups (broad SMARTS) is 1. The Labute approximate surface area is 105 Å². The number of rotatable bonds is 5. The molecule has 2 amide bonds. The summed E-state index contributed by atoms with van der Waals surface area (Å²) in [7, 11) is 0. The van der Waals surface area contributed by atoms with Crippen LogP contribution in [0, 0.1) is 5.92 Å². The van der Waals surface area contributed by atoms with Crippen molar-refractivity contribution in [1.29, 1.82) is 0 Å². The van der Waals surface area contributed by atoms with Crippen molar-refractivity contribution in [3.8, 4) is 0 Å². The maximum atomic E-state index is 11.0. The second-order valence-corrected chi connectivity index (χ2v) is 4.76. The number of carboxylic acids is 1. The third kappa shape index (κ3) is 5.13. The van der Waals surface area contributed by atoms with Crippen LogP contribution >= 0.6 is 0 Å². The Kier molecular flexibility index (Phi) is 5.08. The van der Waals surface area contributed by atoms with Crippen LogP contribution in [0.3, 0.4) is 0 Å². The number of aliphatic carboxylic acids is 1. The minimum absolute atomic E-state index is 0.0331. The minimum Gasteiger partial charge on any atom is -0.481 e. The molecule has 0 saturated carbocycles. The van der Waals surface area contributed by atoms with Gasteiger partial charge in [-0.05, 0) is 12.3 Å². The van der Waals surface area contributed by atoms with Gasteiger partial charge in [0.25, 0.3) is 0 Å². The molecule has 0 spiro atoms. The average molecular weight is 257 g/mol. The van der Waals surface area contributed by atoms with Gasteiger partial charge in [-0.3, -0.25) is 19.3 Å². The van der Waals surface area contributed by atoms with Gasteiger partial charge in [-0.1, -0.05) is 0 Å². The molecule has 7 heteroatoms. The molecule has 0 aromatic carbocycles. The van der Waals surface area contributed by atoms with E-state index in [9.17, 15) is 14.4 Å². The van der Waals surface area contributed by atoms with Crippen molar-refractivity contribution in [2.24, 2.45) is 11.7 Å². The normalized spacial score (nSPS) is 24.5. The molecular formula is C11H19N3O4. The fourth-order valence-electron chi connectivity index (χ4n) is 2.44. The third-order valence-electron chi connectivity index (χ3n) is 2.86. The Morgan fingerprint density at radius 2 is 2.06 bits per heavy atom. The van der Waals surface area contributed by atoms with Crippen molar-refractivity contribution in [2.45, 2.75) is 25.8 Å². The van der Waals surface area contributed by atoms with Gasteiger partial charge in [0.2, 0.25) is 11.8 Å². The van der Waals surface area contributed by atoms with Crippen LogP contribution in [0.2, 0.25) is 0 Å². The lowest BCUT2D eigenvalue weighted by Crippen LogP contribution is -2.52. The van der Waals surface area contributed by atoms with Gasteiger partial charge in [0, 0.05) is 32.5 Å². The first-order chi connectivity index (χ1) is 8.36. The Hall–Kier alpha value is -1.63. The molecule has 1 heterocycles. The average Bonchev–Trinajstić information content (AvgIpc) is 2.12. The Bertz CT molecular complexity index is 287. The van der Waals surface area contributed by atoms with Crippen LogP contribution in [0.4, 0.5) is 0 Å². The monoisotopic (exact) mass is 257 g/mol. The number of likely N-dealkylation sites (tertiary alicyclic amines) is 1. The Balaban J connectivity index is 2.62. The van der Waals surface area contributed by atoms with Crippen LogP contribution in [-0.2, 0) is 14.4 Å². The highest BCUT2D eigenvalue weighted by Crippen LogP contribution is 2.20. The van der Waals surface area contributed by atoms with Gasteiger partial charge in [0.15, 0.2) is 0 Å². The fourth-order valence-corrected chi connectivity index (χ4v) is 2.44. The van der Waals surface area contributed by atoms with Gasteiger partial charge in [-0.25, -0.2) is 0 Å². The number of nitrogens with two attached hydrogens (primary N) is 1. The number of hydrogen-bond acceptors (Lipinski definition) is 4. The van der Waals surface area contributed by atoms with Crippen LogP contribution in [0.25, 0.3) is 0 Å². The highest BCUT2D eigenvalue weighted by atomic mass is 16.4. The van der Waals surface area contributed by atoms with Crippen LogP contribution in [0.15, 0.2) is 0 Å². The molecule has 1 fully saturated rings. The summed E-state index contributed by atoms with van der Waals surface area (Å²) in [5.74, 6) is -1.56. The first kappa shape index (κ1) is 14.4. The van der Waals surface area contributed by atoms with E-state index in [1.165, 1.54) is 6.92 Å². The van der Waals surface area contributed by atoms with E-state index in [1.807, 2.05) is 0 Å². The molecule has 0 bridgehead atoms. The molecule has 0 aliphatic carbocycles. The van der Waals surface area contributed by atoms with E-state index in [2.05, 4.69) is 5.32 Å². The van der Waals surface area contributed by atoms with E-state index in [4.69, 9.17) is 10.8 Å². The number of nitrogens with zero attached hydrogens (tertiary/aromatic N) is 1.